The number of fused-ring (bicyclic) bond motifs is 3. The molecule has 1 amide bonds. The van der Waals surface area contributed by atoms with Gasteiger partial charge in [-0.3, -0.25) is 0 Å². The standard InChI is InChI=1S/C30H35N3O2/c1-4-22-11-8-12-25(14-13-22)29-31-28-26-20-32(30(34)35-3)18-17-24(26)15-16-27(28)33(29)21(2)19-23-9-6-5-7-10-23/h1,5-7,9-10,15-16,21-22,25H,8,11-14,17-20H2,2-3H3/t21-,22+,25+/m1/s1. The molecule has 1 aliphatic carbocycles. The normalized spacial score (nSPS) is 21.1. The monoisotopic (exact) mass is 469 g/mol. The number of rotatable bonds is 4. The predicted molar refractivity (Wildman–Crippen MR) is 139 cm³/mol. The predicted octanol–water partition coefficient (Wildman–Crippen LogP) is 6.26. The number of hydrogen-bond acceptors (Lipinski definition) is 3. The van der Waals surface area contributed by atoms with Crippen molar-refractivity contribution in [2.24, 2.45) is 5.92 Å². The Hall–Kier alpha value is -3.26. The van der Waals surface area contributed by atoms with E-state index in [9.17, 15) is 4.79 Å². The van der Waals surface area contributed by atoms with E-state index >= 15 is 0 Å². The second-order valence-corrected chi connectivity index (χ2v) is 10.2. The molecule has 1 saturated carbocycles. The highest BCUT2D eigenvalue weighted by Crippen LogP contribution is 2.38. The summed E-state index contributed by atoms with van der Waals surface area (Å²) in [5, 5.41) is 0. The maximum absolute atomic E-state index is 12.3. The van der Waals surface area contributed by atoms with Crippen LogP contribution in [0.1, 0.15) is 73.5 Å². The van der Waals surface area contributed by atoms with Gasteiger partial charge in [0.1, 0.15) is 5.82 Å². The molecular formula is C30H35N3O2. The van der Waals surface area contributed by atoms with E-state index in [-0.39, 0.29) is 12.1 Å². The molecular weight excluding hydrogens is 434 g/mol. The van der Waals surface area contributed by atoms with Crippen molar-refractivity contribution >= 4 is 17.1 Å². The Balaban J connectivity index is 1.59. The van der Waals surface area contributed by atoms with E-state index in [1.54, 1.807) is 4.90 Å². The molecule has 0 unspecified atom stereocenters. The van der Waals surface area contributed by atoms with Crippen molar-refractivity contribution in [3.8, 4) is 12.3 Å². The number of carbonyl (C=O) groups excluding carboxylic acids is 1. The quantitative estimate of drug-likeness (QED) is 0.335. The summed E-state index contributed by atoms with van der Waals surface area (Å²) in [5.41, 5.74) is 6.00. The van der Waals surface area contributed by atoms with Crippen molar-refractivity contribution < 1.29 is 9.53 Å². The topological polar surface area (TPSA) is 47.4 Å². The molecule has 3 aromatic rings. The van der Waals surface area contributed by atoms with Gasteiger partial charge in [0.15, 0.2) is 0 Å². The number of nitrogens with zero attached hydrogens (tertiary/aromatic N) is 3. The number of carbonyl (C=O) groups is 1. The Bertz CT molecular complexity index is 1240. The van der Waals surface area contributed by atoms with Crippen LogP contribution in [0, 0.1) is 18.3 Å². The zero-order chi connectivity index (χ0) is 24.4. The van der Waals surface area contributed by atoms with Gasteiger partial charge in [-0.2, -0.15) is 0 Å². The summed E-state index contributed by atoms with van der Waals surface area (Å²) in [5.74, 6) is 4.96. The summed E-state index contributed by atoms with van der Waals surface area (Å²) in [7, 11) is 1.45. The van der Waals surface area contributed by atoms with Gasteiger partial charge in [0.2, 0.25) is 0 Å². The fourth-order valence-electron chi connectivity index (χ4n) is 6.02. The zero-order valence-electron chi connectivity index (χ0n) is 20.9. The molecule has 0 N–H and O–H groups in total. The first-order valence-electron chi connectivity index (χ1n) is 12.9. The Kier molecular flexibility index (Phi) is 6.81. The molecule has 0 spiro atoms. The lowest BCUT2D eigenvalue weighted by Gasteiger charge is -2.28. The molecule has 1 aromatic heterocycles. The first kappa shape index (κ1) is 23.5. The fourth-order valence-corrected chi connectivity index (χ4v) is 6.02. The maximum Gasteiger partial charge on any atom is 0.409 e. The van der Waals surface area contributed by atoms with E-state index in [1.807, 2.05) is 0 Å². The van der Waals surface area contributed by atoms with Crippen LogP contribution in [0.2, 0.25) is 0 Å². The lowest BCUT2D eigenvalue weighted by atomic mass is 9.97. The molecule has 35 heavy (non-hydrogen) atoms. The van der Waals surface area contributed by atoms with E-state index < -0.39 is 0 Å². The van der Waals surface area contributed by atoms with Crippen LogP contribution in [0.25, 0.3) is 11.0 Å². The number of benzene rings is 2. The average molecular weight is 470 g/mol. The van der Waals surface area contributed by atoms with E-state index in [0.717, 1.165) is 50.5 Å². The van der Waals surface area contributed by atoms with E-state index in [1.165, 1.54) is 35.1 Å². The van der Waals surface area contributed by atoms with Crippen molar-refractivity contribution in [1.29, 1.82) is 0 Å². The van der Waals surface area contributed by atoms with Crippen LogP contribution in [-0.4, -0.2) is 34.2 Å². The lowest BCUT2D eigenvalue weighted by molar-refractivity contribution is 0.119. The van der Waals surface area contributed by atoms with Crippen molar-refractivity contribution in [3.63, 3.8) is 0 Å². The van der Waals surface area contributed by atoms with Gasteiger partial charge in [-0.15, -0.1) is 12.3 Å². The molecule has 0 saturated heterocycles. The summed E-state index contributed by atoms with van der Waals surface area (Å²) in [4.78, 5) is 19.4. The number of terminal acetylenes is 1. The van der Waals surface area contributed by atoms with Crippen molar-refractivity contribution in [3.05, 3.63) is 65.0 Å². The third-order valence-electron chi connectivity index (χ3n) is 7.91. The summed E-state index contributed by atoms with van der Waals surface area (Å²) >= 11 is 0. The second kappa shape index (κ2) is 10.2. The molecule has 182 valence electrons. The summed E-state index contributed by atoms with van der Waals surface area (Å²) in [6, 6.07) is 15.5. The van der Waals surface area contributed by atoms with Crippen LogP contribution < -0.4 is 0 Å². The minimum Gasteiger partial charge on any atom is -0.453 e. The number of amides is 1. The maximum atomic E-state index is 12.3. The van der Waals surface area contributed by atoms with Crippen LogP contribution in [0.5, 0.6) is 0 Å². The van der Waals surface area contributed by atoms with Crippen LogP contribution >= 0.6 is 0 Å². The minimum absolute atomic E-state index is 0.266. The number of imidazole rings is 1. The minimum atomic E-state index is -0.270. The van der Waals surface area contributed by atoms with Gasteiger partial charge in [-0.25, -0.2) is 9.78 Å². The van der Waals surface area contributed by atoms with Crippen LogP contribution in [0.4, 0.5) is 4.79 Å². The second-order valence-electron chi connectivity index (χ2n) is 10.2. The number of ether oxygens (including phenoxy) is 1. The molecule has 5 nitrogen and oxygen atoms in total. The molecule has 5 heteroatoms. The van der Waals surface area contributed by atoms with Crippen LogP contribution in [0.3, 0.4) is 0 Å². The Morgan fingerprint density at radius 1 is 1.17 bits per heavy atom. The van der Waals surface area contributed by atoms with Gasteiger partial charge in [0.25, 0.3) is 0 Å². The van der Waals surface area contributed by atoms with Crippen LogP contribution in [-0.2, 0) is 24.1 Å². The molecule has 1 fully saturated rings. The van der Waals surface area contributed by atoms with Gasteiger partial charge < -0.3 is 14.2 Å². The van der Waals surface area contributed by atoms with Gasteiger partial charge in [-0.1, -0.05) is 42.8 Å². The number of hydrogen-bond donors (Lipinski definition) is 0. The third kappa shape index (κ3) is 4.67. The molecule has 5 rings (SSSR count). The van der Waals surface area contributed by atoms with E-state index in [2.05, 4.69) is 59.9 Å². The molecule has 1 aliphatic heterocycles. The number of aromatic nitrogens is 2. The molecule has 2 aromatic carbocycles. The molecule has 0 bridgehead atoms. The average Bonchev–Trinajstić information content (AvgIpc) is 3.13. The highest BCUT2D eigenvalue weighted by atomic mass is 16.5. The highest BCUT2D eigenvalue weighted by Gasteiger charge is 2.29. The van der Waals surface area contributed by atoms with Crippen LogP contribution in [0.15, 0.2) is 42.5 Å². The SMILES string of the molecule is C#C[C@H]1CCC[C@H](c2nc3c4c(ccc3n2[C@H](C)Cc2ccccc2)CCN(C(=O)OC)C4)CC1. The summed E-state index contributed by atoms with van der Waals surface area (Å²) in [6.45, 7) is 3.53. The molecule has 0 radical (unpaired) electrons. The van der Waals surface area contributed by atoms with E-state index in [4.69, 9.17) is 16.1 Å². The molecule has 2 aliphatic rings. The first-order chi connectivity index (χ1) is 17.1. The molecule has 2 heterocycles. The zero-order valence-corrected chi connectivity index (χ0v) is 20.9. The smallest absolute Gasteiger partial charge is 0.409 e. The van der Waals surface area contributed by atoms with Gasteiger partial charge in [0.05, 0.1) is 24.7 Å². The van der Waals surface area contributed by atoms with Crippen molar-refractivity contribution in [1.82, 2.24) is 14.5 Å². The van der Waals surface area contributed by atoms with Gasteiger partial charge >= 0.3 is 6.09 Å². The van der Waals surface area contributed by atoms with Gasteiger partial charge in [0, 0.05) is 30.0 Å². The highest BCUT2D eigenvalue weighted by molar-refractivity contribution is 5.82. The summed E-state index contributed by atoms with van der Waals surface area (Å²) in [6.07, 6.45) is 12.8. The Morgan fingerprint density at radius 3 is 2.77 bits per heavy atom. The first-order valence-corrected chi connectivity index (χ1v) is 12.9. The Labute approximate surface area is 208 Å². The summed E-state index contributed by atoms with van der Waals surface area (Å²) < 4.78 is 7.51. The third-order valence-corrected chi connectivity index (χ3v) is 7.91. The fraction of sp³-hybridized carbons (Fsp3) is 0.467. The van der Waals surface area contributed by atoms with Crippen molar-refractivity contribution in [2.75, 3.05) is 13.7 Å². The van der Waals surface area contributed by atoms with Gasteiger partial charge in [-0.05, 0) is 62.6 Å². The van der Waals surface area contributed by atoms with E-state index in [0.29, 0.717) is 24.9 Å². The largest absolute Gasteiger partial charge is 0.453 e. The lowest BCUT2D eigenvalue weighted by Crippen LogP contribution is -2.35. The Morgan fingerprint density at radius 2 is 2.00 bits per heavy atom. The molecule has 3 atom stereocenters. The number of methoxy groups -OCH3 is 1. The van der Waals surface area contributed by atoms with Crippen molar-refractivity contribution in [2.45, 2.75) is 70.4 Å².